The SMILES string of the molecule is COc1ccccc1C=C(C(=O)OCC(=O)c1c(N)n(CC(C)C)c(=O)n(C)c1=O)c1ccccc1. The zero-order valence-corrected chi connectivity index (χ0v) is 20.7. The molecule has 0 spiro atoms. The van der Waals surface area contributed by atoms with Crippen molar-refractivity contribution in [2.24, 2.45) is 13.0 Å². The molecule has 36 heavy (non-hydrogen) atoms. The molecule has 1 aromatic heterocycles. The predicted octanol–water partition coefficient (Wildman–Crippen LogP) is 2.76. The number of ketones is 1. The highest BCUT2D eigenvalue weighted by Crippen LogP contribution is 2.25. The summed E-state index contributed by atoms with van der Waals surface area (Å²) in [6.07, 6.45) is 1.61. The Hall–Kier alpha value is -4.40. The van der Waals surface area contributed by atoms with Gasteiger partial charge in [-0.15, -0.1) is 0 Å². The van der Waals surface area contributed by atoms with Crippen molar-refractivity contribution in [1.29, 1.82) is 0 Å². The molecule has 2 N–H and O–H groups in total. The standard InChI is InChI=1S/C27H29N3O6/c1-17(2)15-30-24(28)23(25(32)29(3)27(30)34)21(31)16-36-26(33)20(18-10-6-5-7-11-18)14-19-12-8-9-13-22(19)35-4/h5-14,17H,15-16,28H2,1-4H3. The Labute approximate surface area is 208 Å². The average molecular weight is 492 g/mol. The van der Waals surface area contributed by atoms with Gasteiger partial charge in [-0.3, -0.25) is 18.7 Å². The zero-order valence-electron chi connectivity index (χ0n) is 20.7. The van der Waals surface area contributed by atoms with E-state index in [4.69, 9.17) is 15.2 Å². The summed E-state index contributed by atoms with van der Waals surface area (Å²) >= 11 is 0. The van der Waals surface area contributed by atoms with Crippen LogP contribution in [0.1, 0.15) is 35.3 Å². The van der Waals surface area contributed by atoms with E-state index >= 15 is 0 Å². The van der Waals surface area contributed by atoms with E-state index in [-0.39, 0.29) is 29.4 Å². The molecule has 188 valence electrons. The number of nitrogen functional groups attached to an aromatic ring is 1. The third-order valence-corrected chi connectivity index (χ3v) is 5.49. The number of hydrogen-bond donors (Lipinski definition) is 1. The number of esters is 1. The summed E-state index contributed by atoms with van der Waals surface area (Å²) in [6, 6.07) is 16.0. The molecule has 9 heteroatoms. The number of carbonyl (C=O) groups is 2. The number of anilines is 1. The van der Waals surface area contributed by atoms with E-state index in [1.807, 2.05) is 19.9 Å². The maximum atomic E-state index is 13.1. The first kappa shape index (κ1) is 26.2. The summed E-state index contributed by atoms with van der Waals surface area (Å²) in [5.74, 6) is -1.23. The molecule has 9 nitrogen and oxygen atoms in total. The molecule has 0 atom stereocenters. The van der Waals surface area contributed by atoms with Crippen LogP contribution >= 0.6 is 0 Å². The molecule has 0 saturated heterocycles. The molecule has 3 aromatic rings. The molecule has 0 radical (unpaired) electrons. The maximum Gasteiger partial charge on any atom is 0.339 e. The van der Waals surface area contributed by atoms with E-state index in [9.17, 15) is 19.2 Å². The van der Waals surface area contributed by atoms with Gasteiger partial charge in [-0.2, -0.15) is 0 Å². The van der Waals surface area contributed by atoms with Gasteiger partial charge in [0.15, 0.2) is 6.61 Å². The monoisotopic (exact) mass is 491 g/mol. The number of aromatic nitrogens is 2. The van der Waals surface area contributed by atoms with E-state index in [1.54, 1.807) is 54.6 Å². The number of nitrogens with two attached hydrogens (primary N) is 1. The summed E-state index contributed by atoms with van der Waals surface area (Å²) in [5, 5.41) is 0. The molecule has 0 unspecified atom stereocenters. The number of carbonyl (C=O) groups excluding carboxylic acids is 2. The van der Waals surface area contributed by atoms with Gasteiger partial charge in [-0.05, 0) is 23.6 Å². The Morgan fingerprint density at radius 2 is 1.67 bits per heavy atom. The highest BCUT2D eigenvalue weighted by atomic mass is 16.5. The molecule has 0 aliphatic heterocycles. The minimum Gasteiger partial charge on any atom is -0.496 e. The molecule has 0 fully saturated rings. The van der Waals surface area contributed by atoms with Gasteiger partial charge in [0, 0.05) is 19.2 Å². The molecule has 0 aliphatic carbocycles. The van der Waals surface area contributed by atoms with Gasteiger partial charge in [0.1, 0.15) is 17.1 Å². The van der Waals surface area contributed by atoms with Crippen LogP contribution in [-0.4, -0.2) is 34.6 Å². The van der Waals surface area contributed by atoms with Crippen molar-refractivity contribution in [3.63, 3.8) is 0 Å². The lowest BCUT2D eigenvalue weighted by atomic mass is 10.0. The summed E-state index contributed by atoms with van der Waals surface area (Å²) in [7, 11) is 2.79. The fourth-order valence-corrected chi connectivity index (χ4v) is 3.69. The second kappa shape index (κ2) is 11.4. The Morgan fingerprint density at radius 3 is 2.31 bits per heavy atom. The zero-order chi connectivity index (χ0) is 26.4. The smallest absolute Gasteiger partial charge is 0.339 e. The van der Waals surface area contributed by atoms with Gasteiger partial charge in [0.2, 0.25) is 5.78 Å². The number of benzene rings is 2. The normalized spacial score (nSPS) is 11.4. The number of para-hydroxylation sites is 1. The summed E-state index contributed by atoms with van der Waals surface area (Å²) < 4.78 is 12.7. The fraction of sp³-hybridized carbons (Fsp3) is 0.259. The van der Waals surface area contributed by atoms with Crippen LogP contribution in [0.25, 0.3) is 11.6 Å². The molecule has 0 aliphatic rings. The van der Waals surface area contributed by atoms with Crippen LogP contribution in [0.5, 0.6) is 5.75 Å². The molecular formula is C27H29N3O6. The Bertz CT molecular complexity index is 1420. The minimum absolute atomic E-state index is 0.0387. The van der Waals surface area contributed by atoms with E-state index in [1.165, 1.54) is 18.7 Å². The lowest BCUT2D eigenvalue weighted by Crippen LogP contribution is -2.43. The Balaban J connectivity index is 1.95. The minimum atomic E-state index is -0.841. The number of rotatable bonds is 9. The first-order chi connectivity index (χ1) is 17.1. The average Bonchev–Trinajstić information content (AvgIpc) is 2.87. The van der Waals surface area contributed by atoms with Gasteiger partial charge in [-0.25, -0.2) is 9.59 Å². The topological polar surface area (TPSA) is 123 Å². The summed E-state index contributed by atoms with van der Waals surface area (Å²) in [6.45, 7) is 3.24. The van der Waals surface area contributed by atoms with Crippen molar-refractivity contribution >= 4 is 29.2 Å². The molecule has 0 amide bonds. The number of ether oxygens (including phenoxy) is 2. The van der Waals surface area contributed by atoms with Gasteiger partial charge < -0.3 is 15.2 Å². The van der Waals surface area contributed by atoms with Crippen LogP contribution in [0.15, 0.2) is 64.2 Å². The Kier molecular flexibility index (Phi) is 8.26. The molecule has 1 heterocycles. The Morgan fingerprint density at radius 1 is 1.03 bits per heavy atom. The summed E-state index contributed by atoms with van der Waals surface area (Å²) in [4.78, 5) is 51.3. The van der Waals surface area contributed by atoms with Gasteiger partial charge in [0.05, 0.1) is 12.7 Å². The van der Waals surface area contributed by atoms with Crippen LogP contribution in [-0.2, 0) is 23.1 Å². The third kappa shape index (κ3) is 5.63. The molecule has 0 bridgehead atoms. The lowest BCUT2D eigenvalue weighted by molar-refractivity contribution is -0.135. The second-order valence-corrected chi connectivity index (χ2v) is 8.58. The van der Waals surface area contributed by atoms with Crippen molar-refractivity contribution in [3.8, 4) is 5.75 Å². The van der Waals surface area contributed by atoms with E-state index in [0.29, 0.717) is 16.9 Å². The molecular weight excluding hydrogens is 462 g/mol. The van der Waals surface area contributed by atoms with E-state index in [0.717, 1.165) is 4.57 Å². The lowest BCUT2D eigenvalue weighted by Gasteiger charge is -2.16. The van der Waals surface area contributed by atoms with Crippen molar-refractivity contribution in [3.05, 3.63) is 92.1 Å². The van der Waals surface area contributed by atoms with E-state index in [2.05, 4.69) is 0 Å². The quantitative estimate of drug-likeness (QED) is 0.211. The molecule has 2 aromatic carbocycles. The maximum absolute atomic E-state index is 13.1. The van der Waals surface area contributed by atoms with Crippen molar-refractivity contribution in [2.45, 2.75) is 20.4 Å². The van der Waals surface area contributed by atoms with Gasteiger partial charge in [0.25, 0.3) is 5.56 Å². The largest absolute Gasteiger partial charge is 0.496 e. The van der Waals surface area contributed by atoms with Crippen LogP contribution < -0.4 is 21.7 Å². The van der Waals surface area contributed by atoms with Crippen LogP contribution in [0.2, 0.25) is 0 Å². The van der Waals surface area contributed by atoms with E-state index < -0.39 is 29.6 Å². The first-order valence-corrected chi connectivity index (χ1v) is 11.4. The number of nitrogens with zero attached hydrogens (tertiary/aromatic N) is 2. The number of hydrogen-bond acceptors (Lipinski definition) is 7. The van der Waals surface area contributed by atoms with Crippen LogP contribution in [0.4, 0.5) is 5.82 Å². The number of Topliss-reactive ketones (excluding diaryl/α,β-unsaturated/α-hetero) is 1. The highest BCUT2D eigenvalue weighted by Gasteiger charge is 2.24. The highest BCUT2D eigenvalue weighted by molar-refractivity contribution is 6.22. The third-order valence-electron chi connectivity index (χ3n) is 5.49. The second-order valence-electron chi connectivity index (χ2n) is 8.58. The van der Waals surface area contributed by atoms with Gasteiger partial charge in [-0.1, -0.05) is 62.4 Å². The van der Waals surface area contributed by atoms with Crippen LogP contribution in [0.3, 0.4) is 0 Å². The number of methoxy groups -OCH3 is 1. The fourth-order valence-electron chi connectivity index (χ4n) is 3.69. The van der Waals surface area contributed by atoms with Crippen molar-refractivity contribution < 1.29 is 19.1 Å². The van der Waals surface area contributed by atoms with Crippen LogP contribution in [0, 0.1) is 5.92 Å². The van der Waals surface area contributed by atoms with Crippen molar-refractivity contribution in [2.75, 3.05) is 19.5 Å². The van der Waals surface area contributed by atoms with Crippen molar-refractivity contribution in [1.82, 2.24) is 9.13 Å². The summed E-state index contributed by atoms with van der Waals surface area (Å²) in [5.41, 5.74) is 5.61. The predicted molar refractivity (Wildman–Crippen MR) is 138 cm³/mol. The molecule has 3 rings (SSSR count). The first-order valence-electron chi connectivity index (χ1n) is 11.4. The van der Waals surface area contributed by atoms with Gasteiger partial charge >= 0.3 is 11.7 Å². The molecule has 0 saturated carbocycles.